The third-order valence-corrected chi connectivity index (χ3v) is 6.35. The van der Waals surface area contributed by atoms with Crippen molar-refractivity contribution in [2.24, 2.45) is 4.40 Å². The maximum atomic E-state index is 12.0. The van der Waals surface area contributed by atoms with Crippen molar-refractivity contribution in [2.45, 2.75) is 30.7 Å². The van der Waals surface area contributed by atoms with Gasteiger partial charge in [-0.1, -0.05) is 24.3 Å². The van der Waals surface area contributed by atoms with Crippen molar-refractivity contribution in [3.05, 3.63) is 59.7 Å². The van der Waals surface area contributed by atoms with Crippen molar-refractivity contribution in [3.8, 4) is 5.75 Å². The third kappa shape index (κ3) is 5.29. The Hall–Kier alpha value is -2.09. The zero-order chi connectivity index (χ0) is 19.4. The molecule has 0 radical (unpaired) electrons. The van der Waals surface area contributed by atoms with E-state index in [4.69, 9.17) is 4.74 Å². The van der Waals surface area contributed by atoms with Crippen LogP contribution in [0, 0.1) is 0 Å². The highest BCUT2D eigenvalue weighted by atomic mass is 35.5. The topological polar surface area (TPSA) is 71.0 Å². The van der Waals surface area contributed by atoms with Crippen molar-refractivity contribution in [3.63, 3.8) is 0 Å². The van der Waals surface area contributed by atoms with E-state index in [1.165, 1.54) is 31.5 Å². The largest absolute Gasteiger partial charge is 0.494 e. The Bertz CT molecular complexity index is 973. The molecular formula is C21H26ClN3O3S. The summed E-state index contributed by atoms with van der Waals surface area (Å²) in [6.45, 7) is 4.49. The Morgan fingerprint density at radius 2 is 1.86 bits per heavy atom. The molecule has 2 aliphatic rings. The Morgan fingerprint density at radius 3 is 2.69 bits per heavy atom. The van der Waals surface area contributed by atoms with Crippen LogP contribution in [0.2, 0.25) is 0 Å². The van der Waals surface area contributed by atoms with Crippen LogP contribution in [0.3, 0.4) is 0 Å². The fourth-order valence-electron chi connectivity index (χ4n) is 3.63. The molecule has 1 N–H and O–H groups in total. The maximum Gasteiger partial charge on any atom is 0.285 e. The fourth-order valence-corrected chi connectivity index (χ4v) is 4.83. The van der Waals surface area contributed by atoms with E-state index in [2.05, 4.69) is 26.7 Å². The van der Waals surface area contributed by atoms with Crippen LogP contribution in [-0.2, 0) is 16.6 Å². The molecule has 6 nitrogen and oxygen atoms in total. The molecule has 1 saturated heterocycles. The lowest BCUT2D eigenvalue weighted by Crippen LogP contribution is -2.25. The minimum absolute atomic E-state index is 0. The molecule has 0 aromatic heterocycles. The molecule has 29 heavy (non-hydrogen) atoms. The van der Waals surface area contributed by atoms with Gasteiger partial charge in [0, 0.05) is 18.7 Å². The zero-order valence-electron chi connectivity index (χ0n) is 16.2. The number of rotatable bonds is 7. The monoisotopic (exact) mass is 435 g/mol. The molecular weight excluding hydrogens is 410 g/mol. The number of hydrogen-bond acceptors (Lipinski definition) is 5. The number of benzene rings is 2. The van der Waals surface area contributed by atoms with Crippen LogP contribution in [-0.4, -0.2) is 45.4 Å². The quantitative estimate of drug-likeness (QED) is 0.676. The second kappa shape index (κ2) is 9.61. The molecule has 2 aromatic rings. The van der Waals surface area contributed by atoms with Gasteiger partial charge in [-0.15, -0.1) is 16.8 Å². The minimum Gasteiger partial charge on any atom is -0.494 e. The minimum atomic E-state index is -3.57. The SMILES string of the molecule is Cl.O=S1(=O)N=C(NCCCOc2cccc(CN3CCCC3)c2)c2ccccc21. The Labute approximate surface area is 178 Å². The lowest BCUT2D eigenvalue weighted by Gasteiger charge is -2.15. The van der Waals surface area contributed by atoms with Gasteiger partial charge in [-0.2, -0.15) is 8.42 Å². The molecule has 0 saturated carbocycles. The Kier molecular flexibility index (Phi) is 7.16. The molecule has 156 valence electrons. The highest BCUT2D eigenvalue weighted by Crippen LogP contribution is 2.24. The highest BCUT2D eigenvalue weighted by Gasteiger charge is 2.27. The lowest BCUT2D eigenvalue weighted by atomic mass is 10.2. The van der Waals surface area contributed by atoms with Crippen LogP contribution in [0.15, 0.2) is 57.8 Å². The van der Waals surface area contributed by atoms with Gasteiger partial charge in [0.15, 0.2) is 0 Å². The first-order chi connectivity index (χ1) is 13.6. The standard InChI is InChI=1S/C21H25N3O3S.ClH/c25-28(26)20-10-2-1-9-19(20)21(23-28)22-11-6-14-27-18-8-5-7-17(15-18)16-24-12-3-4-13-24;/h1-2,5,7-10,15H,3-4,6,11-14,16H2,(H,22,23);1H. The van der Waals surface area contributed by atoms with Crippen LogP contribution < -0.4 is 10.1 Å². The summed E-state index contributed by atoms with van der Waals surface area (Å²) in [5, 5.41) is 3.12. The number of halogens is 1. The number of fused-ring (bicyclic) bond motifs is 1. The van der Waals surface area contributed by atoms with Gasteiger partial charge in [0.2, 0.25) is 0 Å². The summed E-state index contributed by atoms with van der Waals surface area (Å²) in [4.78, 5) is 2.74. The molecule has 2 heterocycles. The molecule has 2 aliphatic heterocycles. The van der Waals surface area contributed by atoms with Crippen molar-refractivity contribution in [1.29, 1.82) is 0 Å². The number of hydrogen-bond donors (Lipinski definition) is 1. The van der Waals surface area contributed by atoms with Crippen molar-refractivity contribution in [1.82, 2.24) is 10.2 Å². The summed E-state index contributed by atoms with van der Waals surface area (Å²) in [5.74, 6) is 1.30. The first kappa shape index (κ1) is 21.6. The van der Waals surface area contributed by atoms with Gasteiger partial charge in [-0.25, -0.2) is 0 Å². The molecule has 0 aliphatic carbocycles. The zero-order valence-corrected chi connectivity index (χ0v) is 17.8. The first-order valence-corrected chi connectivity index (χ1v) is 11.2. The van der Waals surface area contributed by atoms with Gasteiger partial charge >= 0.3 is 0 Å². The average molecular weight is 436 g/mol. The summed E-state index contributed by atoms with van der Waals surface area (Å²) < 4.78 is 33.8. The van der Waals surface area contributed by atoms with Crippen LogP contribution in [0.5, 0.6) is 5.75 Å². The number of ether oxygens (including phenoxy) is 1. The number of amidine groups is 1. The molecule has 4 rings (SSSR count). The number of likely N-dealkylation sites (tertiary alicyclic amines) is 1. The van der Waals surface area contributed by atoms with Crippen molar-refractivity contribution < 1.29 is 13.2 Å². The van der Waals surface area contributed by atoms with E-state index in [1.807, 2.05) is 18.2 Å². The number of sulfonamides is 1. The Morgan fingerprint density at radius 1 is 1.07 bits per heavy atom. The van der Waals surface area contributed by atoms with Gasteiger partial charge < -0.3 is 10.1 Å². The average Bonchev–Trinajstić information content (AvgIpc) is 3.28. The third-order valence-electron chi connectivity index (χ3n) is 5.02. The molecule has 0 amide bonds. The maximum absolute atomic E-state index is 12.0. The summed E-state index contributed by atoms with van der Waals surface area (Å²) >= 11 is 0. The number of nitrogens with one attached hydrogen (secondary N) is 1. The van der Waals surface area contributed by atoms with E-state index in [1.54, 1.807) is 18.2 Å². The van der Waals surface area contributed by atoms with Crippen LogP contribution >= 0.6 is 12.4 Å². The molecule has 8 heteroatoms. The van der Waals surface area contributed by atoms with Crippen molar-refractivity contribution in [2.75, 3.05) is 26.2 Å². The van der Waals surface area contributed by atoms with Crippen LogP contribution in [0.25, 0.3) is 0 Å². The molecule has 2 aromatic carbocycles. The van der Waals surface area contributed by atoms with Gasteiger partial charge in [-0.05, 0) is 62.2 Å². The highest BCUT2D eigenvalue weighted by molar-refractivity contribution is 7.90. The van der Waals surface area contributed by atoms with Gasteiger partial charge in [0.05, 0.1) is 6.61 Å². The predicted molar refractivity (Wildman–Crippen MR) is 116 cm³/mol. The summed E-state index contributed by atoms with van der Waals surface area (Å²) in [6.07, 6.45) is 3.33. The lowest BCUT2D eigenvalue weighted by molar-refractivity contribution is 0.308. The molecule has 0 bridgehead atoms. The molecule has 0 atom stereocenters. The van der Waals surface area contributed by atoms with Crippen LogP contribution in [0.4, 0.5) is 0 Å². The van der Waals surface area contributed by atoms with E-state index in [0.29, 0.717) is 24.6 Å². The second-order valence-corrected chi connectivity index (χ2v) is 8.74. The van der Waals surface area contributed by atoms with Gasteiger partial charge in [-0.3, -0.25) is 4.90 Å². The van der Waals surface area contributed by atoms with E-state index >= 15 is 0 Å². The summed E-state index contributed by atoms with van der Waals surface area (Å²) in [7, 11) is -3.57. The van der Waals surface area contributed by atoms with E-state index in [9.17, 15) is 8.42 Å². The Balaban J connectivity index is 0.00000240. The molecule has 1 fully saturated rings. The smallest absolute Gasteiger partial charge is 0.285 e. The van der Waals surface area contributed by atoms with Crippen molar-refractivity contribution >= 4 is 28.3 Å². The van der Waals surface area contributed by atoms with E-state index < -0.39 is 10.0 Å². The van der Waals surface area contributed by atoms with E-state index in [0.717, 1.165) is 18.7 Å². The van der Waals surface area contributed by atoms with E-state index in [-0.39, 0.29) is 17.3 Å². The number of nitrogens with zero attached hydrogens (tertiary/aromatic N) is 2. The van der Waals surface area contributed by atoms with Crippen LogP contribution in [0.1, 0.15) is 30.4 Å². The first-order valence-electron chi connectivity index (χ1n) is 9.74. The van der Waals surface area contributed by atoms with Gasteiger partial charge in [0.1, 0.15) is 16.5 Å². The van der Waals surface area contributed by atoms with Gasteiger partial charge in [0.25, 0.3) is 10.0 Å². The molecule has 0 spiro atoms. The molecule has 0 unspecified atom stereocenters. The predicted octanol–water partition coefficient (Wildman–Crippen LogP) is 3.21. The normalized spacial score (nSPS) is 17.3. The summed E-state index contributed by atoms with van der Waals surface area (Å²) in [5.41, 5.74) is 1.91. The summed E-state index contributed by atoms with van der Waals surface area (Å²) in [6, 6.07) is 15.1. The second-order valence-electron chi connectivity index (χ2n) is 7.17. The fraction of sp³-hybridized carbons (Fsp3) is 0.381.